The first-order valence-electron chi connectivity index (χ1n) is 10.9. The summed E-state index contributed by atoms with van der Waals surface area (Å²) in [6.07, 6.45) is 1.17. The summed E-state index contributed by atoms with van der Waals surface area (Å²) in [6.45, 7) is 4.23. The van der Waals surface area contributed by atoms with Gasteiger partial charge in [0.2, 0.25) is 0 Å². The van der Waals surface area contributed by atoms with E-state index in [9.17, 15) is 10.1 Å². The number of hydrogen-bond donors (Lipinski definition) is 1. The van der Waals surface area contributed by atoms with Gasteiger partial charge in [0.05, 0.1) is 17.6 Å². The molecule has 1 atom stereocenters. The number of para-hydroxylation sites is 1. The van der Waals surface area contributed by atoms with Crippen molar-refractivity contribution in [3.05, 3.63) is 101 Å². The molecule has 0 saturated heterocycles. The number of nitrogens with two attached hydrogens (primary N) is 1. The van der Waals surface area contributed by atoms with Crippen LogP contribution in [0.15, 0.2) is 95.5 Å². The molecule has 0 radical (unpaired) electrons. The predicted molar refractivity (Wildman–Crippen MR) is 127 cm³/mol. The molecule has 0 spiro atoms. The lowest BCUT2D eigenvalue weighted by atomic mass is 9.68. The van der Waals surface area contributed by atoms with Gasteiger partial charge in [-0.1, -0.05) is 74.5 Å². The Bertz CT molecular complexity index is 1340. The quantitative estimate of drug-likeness (QED) is 0.571. The molecule has 1 heterocycles. The van der Waals surface area contributed by atoms with Crippen molar-refractivity contribution in [2.24, 2.45) is 11.1 Å². The molecule has 1 aliphatic carbocycles. The third-order valence-electron chi connectivity index (χ3n) is 6.50. The van der Waals surface area contributed by atoms with Gasteiger partial charge in [0.25, 0.3) is 0 Å². The Morgan fingerprint density at radius 1 is 0.969 bits per heavy atom. The summed E-state index contributed by atoms with van der Waals surface area (Å²) < 4.78 is 0. The Morgan fingerprint density at radius 3 is 2.38 bits per heavy atom. The number of rotatable bonds is 2. The van der Waals surface area contributed by atoms with Crippen LogP contribution in [0.1, 0.15) is 38.2 Å². The summed E-state index contributed by atoms with van der Waals surface area (Å²) in [4.78, 5) is 15.5. The van der Waals surface area contributed by atoms with E-state index in [2.05, 4.69) is 44.2 Å². The minimum atomic E-state index is -0.455. The molecule has 0 aromatic heterocycles. The maximum Gasteiger partial charge on any atom is 0.162 e. The van der Waals surface area contributed by atoms with Crippen LogP contribution >= 0.6 is 0 Å². The van der Waals surface area contributed by atoms with Crippen LogP contribution in [0.3, 0.4) is 0 Å². The van der Waals surface area contributed by atoms with E-state index >= 15 is 0 Å². The standard InChI is InChI=1S/C28H25N3O/c1-28(2)15-23-26(24(32)16-28)25(20-13-12-18-8-6-7-9-19(18)14-20)22(17-29)27(30)31(23)21-10-4-3-5-11-21/h3-14,25H,15-16,30H2,1-2H3. The maximum absolute atomic E-state index is 13.6. The van der Waals surface area contributed by atoms with E-state index in [4.69, 9.17) is 5.73 Å². The monoisotopic (exact) mass is 419 g/mol. The zero-order chi connectivity index (χ0) is 22.5. The van der Waals surface area contributed by atoms with E-state index < -0.39 is 5.92 Å². The zero-order valence-electron chi connectivity index (χ0n) is 18.3. The highest BCUT2D eigenvalue weighted by atomic mass is 16.1. The number of nitriles is 1. The van der Waals surface area contributed by atoms with Crippen molar-refractivity contribution >= 4 is 22.2 Å². The Hall–Kier alpha value is -3.84. The minimum Gasteiger partial charge on any atom is -0.384 e. The Balaban J connectivity index is 1.78. The number of carbonyl (C=O) groups is 1. The van der Waals surface area contributed by atoms with Gasteiger partial charge in [0, 0.05) is 23.4 Å². The van der Waals surface area contributed by atoms with Crippen molar-refractivity contribution in [2.75, 3.05) is 4.90 Å². The van der Waals surface area contributed by atoms with E-state index in [0.29, 0.717) is 29.8 Å². The van der Waals surface area contributed by atoms with Gasteiger partial charge in [-0.2, -0.15) is 5.26 Å². The molecule has 5 rings (SSSR count). The number of hydrogen-bond acceptors (Lipinski definition) is 4. The number of carbonyl (C=O) groups excluding carboxylic acids is 1. The number of Topliss-reactive ketones (excluding diaryl/α,β-unsaturated/α-hetero) is 1. The van der Waals surface area contributed by atoms with Crippen molar-refractivity contribution < 1.29 is 4.79 Å². The highest BCUT2D eigenvalue weighted by Gasteiger charge is 2.44. The fourth-order valence-electron chi connectivity index (χ4n) is 5.10. The van der Waals surface area contributed by atoms with Gasteiger partial charge in [-0.15, -0.1) is 0 Å². The summed E-state index contributed by atoms with van der Waals surface area (Å²) in [6, 6.07) is 26.4. The van der Waals surface area contributed by atoms with Gasteiger partial charge in [0.15, 0.2) is 5.78 Å². The average molecular weight is 420 g/mol. The van der Waals surface area contributed by atoms with Crippen molar-refractivity contribution in [1.29, 1.82) is 5.26 Å². The van der Waals surface area contributed by atoms with Crippen LogP contribution in [0.4, 0.5) is 5.69 Å². The van der Waals surface area contributed by atoms with Crippen LogP contribution in [0.2, 0.25) is 0 Å². The van der Waals surface area contributed by atoms with Crippen molar-refractivity contribution in [3.63, 3.8) is 0 Å². The van der Waals surface area contributed by atoms with Gasteiger partial charge in [0.1, 0.15) is 5.82 Å². The predicted octanol–water partition coefficient (Wildman–Crippen LogP) is 5.78. The second-order valence-electron chi connectivity index (χ2n) is 9.42. The van der Waals surface area contributed by atoms with Crippen molar-refractivity contribution in [3.8, 4) is 6.07 Å². The van der Waals surface area contributed by atoms with Crippen LogP contribution in [0, 0.1) is 16.7 Å². The Morgan fingerprint density at radius 2 is 1.66 bits per heavy atom. The number of ketones is 1. The number of nitrogens with zero attached hydrogens (tertiary/aromatic N) is 2. The molecular weight excluding hydrogens is 394 g/mol. The zero-order valence-corrected chi connectivity index (χ0v) is 18.3. The van der Waals surface area contributed by atoms with Gasteiger partial charge in [-0.3, -0.25) is 9.69 Å². The highest BCUT2D eigenvalue weighted by molar-refractivity contribution is 6.02. The number of fused-ring (bicyclic) bond motifs is 1. The lowest BCUT2D eigenvalue weighted by Crippen LogP contribution is -2.42. The summed E-state index contributed by atoms with van der Waals surface area (Å²) >= 11 is 0. The first-order chi connectivity index (χ1) is 15.4. The highest BCUT2D eigenvalue weighted by Crippen LogP contribution is 2.50. The maximum atomic E-state index is 13.6. The lowest BCUT2D eigenvalue weighted by molar-refractivity contribution is -0.118. The Kier molecular flexibility index (Phi) is 4.64. The molecule has 2 N–H and O–H groups in total. The third kappa shape index (κ3) is 3.18. The van der Waals surface area contributed by atoms with E-state index in [-0.39, 0.29) is 11.2 Å². The molecule has 0 amide bonds. The second-order valence-corrected chi connectivity index (χ2v) is 9.42. The Labute approximate surface area is 188 Å². The molecule has 3 aromatic carbocycles. The second kappa shape index (κ2) is 7.39. The average Bonchev–Trinajstić information content (AvgIpc) is 2.78. The molecule has 158 valence electrons. The molecule has 4 nitrogen and oxygen atoms in total. The summed E-state index contributed by atoms with van der Waals surface area (Å²) in [5.74, 6) is 0.0415. The number of allylic oxidation sites excluding steroid dienone is 3. The fourth-order valence-corrected chi connectivity index (χ4v) is 5.10. The van der Waals surface area contributed by atoms with Gasteiger partial charge in [-0.05, 0) is 40.3 Å². The SMILES string of the molecule is CC1(C)CC(=O)C2=C(C1)N(c1ccccc1)C(N)=C(C#N)C2c1ccc2ccccc2c1. The van der Waals surface area contributed by atoms with Crippen LogP contribution in [0.5, 0.6) is 0 Å². The molecule has 2 aliphatic rings. The molecule has 0 bridgehead atoms. The largest absolute Gasteiger partial charge is 0.384 e. The lowest BCUT2D eigenvalue weighted by Gasteiger charge is -2.43. The third-order valence-corrected chi connectivity index (χ3v) is 6.50. The molecule has 0 fully saturated rings. The molecule has 1 aliphatic heterocycles. The molecule has 3 aromatic rings. The van der Waals surface area contributed by atoms with Crippen LogP contribution in [-0.4, -0.2) is 5.78 Å². The van der Waals surface area contributed by atoms with Gasteiger partial charge < -0.3 is 5.73 Å². The van der Waals surface area contributed by atoms with E-state index in [1.807, 2.05) is 53.4 Å². The van der Waals surface area contributed by atoms with Crippen molar-refractivity contribution in [2.45, 2.75) is 32.6 Å². The summed E-state index contributed by atoms with van der Waals surface area (Å²) in [5, 5.41) is 12.4. The van der Waals surface area contributed by atoms with Crippen molar-refractivity contribution in [1.82, 2.24) is 0 Å². The molecule has 32 heavy (non-hydrogen) atoms. The normalized spacial score (nSPS) is 20.3. The van der Waals surface area contributed by atoms with Gasteiger partial charge >= 0.3 is 0 Å². The van der Waals surface area contributed by atoms with E-state index in [1.54, 1.807) is 0 Å². The minimum absolute atomic E-state index is 0.0931. The van der Waals surface area contributed by atoms with Crippen LogP contribution < -0.4 is 10.6 Å². The molecular formula is C28H25N3O. The topological polar surface area (TPSA) is 70.1 Å². The number of benzene rings is 3. The molecule has 1 unspecified atom stereocenters. The molecule has 4 heteroatoms. The number of anilines is 1. The van der Waals surface area contributed by atoms with E-state index in [1.165, 1.54) is 0 Å². The van der Waals surface area contributed by atoms with Crippen LogP contribution in [-0.2, 0) is 4.79 Å². The smallest absolute Gasteiger partial charge is 0.162 e. The first-order valence-corrected chi connectivity index (χ1v) is 10.9. The fraction of sp³-hybridized carbons (Fsp3) is 0.214. The van der Waals surface area contributed by atoms with E-state index in [0.717, 1.165) is 27.7 Å². The first kappa shape index (κ1) is 20.1. The molecule has 0 saturated carbocycles. The van der Waals surface area contributed by atoms with Crippen LogP contribution in [0.25, 0.3) is 10.8 Å². The van der Waals surface area contributed by atoms with Gasteiger partial charge in [-0.25, -0.2) is 0 Å². The summed E-state index contributed by atoms with van der Waals surface area (Å²) in [5.41, 5.74) is 10.3. The summed E-state index contributed by atoms with van der Waals surface area (Å²) in [7, 11) is 0.